The van der Waals surface area contributed by atoms with E-state index in [2.05, 4.69) is 24.4 Å². The number of ether oxygens (including phenoxy) is 2. The molecule has 154 valence electrons. The topological polar surface area (TPSA) is 56.5 Å². The Hall–Kier alpha value is -1.23. The summed E-state index contributed by atoms with van der Waals surface area (Å²) in [4.78, 5) is 0. The van der Waals surface area contributed by atoms with Gasteiger partial charge in [-0.25, -0.2) is 0 Å². The molecule has 2 fully saturated rings. The van der Waals surface area contributed by atoms with E-state index >= 15 is 0 Å². The molecular weight excluding hydrogens is 372 g/mol. The highest BCUT2D eigenvalue weighted by Crippen LogP contribution is 2.50. The van der Waals surface area contributed by atoms with E-state index in [4.69, 9.17) is 26.8 Å². The van der Waals surface area contributed by atoms with Gasteiger partial charge in [-0.2, -0.15) is 0 Å². The van der Waals surface area contributed by atoms with Gasteiger partial charge in [-0.15, -0.1) is 0 Å². The number of hydrogen-bond donors (Lipinski definition) is 2. The minimum Gasteiger partial charge on any atom is -0.489 e. The number of benzene rings is 1. The summed E-state index contributed by atoms with van der Waals surface area (Å²) in [7, 11) is 0. The van der Waals surface area contributed by atoms with Crippen molar-refractivity contribution in [1.82, 2.24) is 5.32 Å². The molecule has 1 atom stereocenters. The van der Waals surface area contributed by atoms with Crippen LogP contribution in [0.1, 0.15) is 63.0 Å². The van der Waals surface area contributed by atoms with Crippen LogP contribution in [0.5, 0.6) is 5.75 Å². The lowest BCUT2D eigenvalue weighted by Crippen LogP contribution is -2.51. The summed E-state index contributed by atoms with van der Waals surface area (Å²) in [6.07, 6.45) is 12.0. The summed E-state index contributed by atoms with van der Waals surface area (Å²) in [6.45, 7) is 4.81. The first-order chi connectivity index (χ1) is 13.6. The molecule has 28 heavy (non-hydrogen) atoms. The Balaban J connectivity index is 1.45. The highest BCUT2D eigenvalue weighted by atomic mass is 35.5. The third-order valence-corrected chi connectivity index (χ3v) is 7.53. The van der Waals surface area contributed by atoms with Crippen molar-refractivity contribution in [3.63, 3.8) is 0 Å². The minimum absolute atomic E-state index is 0.221. The molecule has 4 nitrogen and oxygen atoms in total. The third kappa shape index (κ3) is 3.92. The van der Waals surface area contributed by atoms with E-state index in [1.807, 2.05) is 12.3 Å². The summed E-state index contributed by atoms with van der Waals surface area (Å²) in [5, 5.41) is 3.93. The predicted molar refractivity (Wildman–Crippen MR) is 114 cm³/mol. The SMILES string of the molecule is CCC(N)C1(C2CCOCC2)CCC(Oc2cc3c(cc2Cl)CNC=C3)CC1. The molecule has 0 aromatic heterocycles. The molecule has 1 aromatic carbocycles. The van der Waals surface area contributed by atoms with Gasteiger partial charge in [0.25, 0.3) is 0 Å². The van der Waals surface area contributed by atoms with Crippen LogP contribution in [0.15, 0.2) is 18.3 Å². The summed E-state index contributed by atoms with van der Waals surface area (Å²) in [6, 6.07) is 4.39. The van der Waals surface area contributed by atoms with E-state index in [9.17, 15) is 0 Å². The minimum atomic E-state index is 0.221. The molecule has 1 aromatic rings. The number of nitrogens with one attached hydrogen (secondary N) is 1. The van der Waals surface area contributed by atoms with Crippen molar-refractivity contribution in [2.75, 3.05) is 13.2 Å². The highest BCUT2D eigenvalue weighted by molar-refractivity contribution is 6.32. The second-order valence-electron chi connectivity index (χ2n) is 8.65. The fourth-order valence-electron chi connectivity index (χ4n) is 5.51. The predicted octanol–water partition coefficient (Wildman–Crippen LogP) is 4.89. The Kier molecular flexibility index (Phi) is 6.19. The Morgan fingerprint density at radius 1 is 1.25 bits per heavy atom. The maximum Gasteiger partial charge on any atom is 0.138 e. The van der Waals surface area contributed by atoms with Crippen LogP contribution < -0.4 is 15.8 Å². The second kappa shape index (κ2) is 8.64. The van der Waals surface area contributed by atoms with E-state index < -0.39 is 0 Å². The molecule has 3 aliphatic rings. The van der Waals surface area contributed by atoms with E-state index in [1.165, 1.54) is 11.1 Å². The first-order valence-corrected chi connectivity index (χ1v) is 11.2. The van der Waals surface area contributed by atoms with Crippen LogP contribution >= 0.6 is 11.6 Å². The molecule has 1 saturated heterocycles. The number of hydrogen-bond acceptors (Lipinski definition) is 4. The normalized spacial score (nSPS) is 29.0. The maximum atomic E-state index is 6.70. The monoisotopic (exact) mass is 404 g/mol. The molecule has 4 rings (SSSR count). The van der Waals surface area contributed by atoms with Gasteiger partial charge in [0.1, 0.15) is 5.75 Å². The van der Waals surface area contributed by atoms with Crippen LogP contribution in [-0.4, -0.2) is 25.4 Å². The molecule has 3 N–H and O–H groups in total. The van der Waals surface area contributed by atoms with E-state index in [0.717, 1.165) is 70.5 Å². The number of fused-ring (bicyclic) bond motifs is 1. The van der Waals surface area contributed by atoms with Gasteiger partial charge >= 0.3 is 0 Å². The first kappa shape index (κ1) is 20.1. The fraction of sp³-hybridized carbons (Fsp3) is 0.652. The summed E-state index contributed by atoms with van der Waals surface area (Å²) in [5.41, 5.74) is 9.35. The molecule has 0 bridgehead atoms. The van der Waals surface area contributed by atoms with Gasteiger partial charge in [0.2, 0.25) is 0 Å². The van der Waals surface area contributed by atoms with E-state index in [1.54, 1.807) is 0 Å². The lowest BCUT2D eigenvalue weighted by molar-refractivity contribution is -0.0398. The van der Waals surface area contributed by atoms with Crippen molar-refractivity contribution in [3.8, 4) is 5.75 Å². The average Bonchev–Trinajstić information content (AvgIpc) is 2.75. The molecule has 2 aliphatic heterocycles. The Morgan fingerprint density at radius 3 is 2.71 bits per heavy atom. The first-order valence-electron chi connectivity index (χ1n) is 10.8. The van der Waals surface area contributed by atoms with E-state index in [-0.39, 0.29) is 17.6 Å². The quantitative estimate of drug-likeness (QED) is 0.733. The zero-order valence-corrected chi connectivity index (χ0v) is 17.6. The molecule has 2 heterocycles. The molecule has 0 spiro atoms. The van der Waals surface area contributed by atoms with Gasteiger partial charge in [-0.05, 0) is 91.8 Å². The Labute approximate surface area is 173 Å². The van der Waals surface area contributed by atoms with Crippen molar-refractivity contribution in [2.24, 2.45) is 17.1 Å². The Bertz CT molecular complexity index is 707. The number of rotatable bonds is 5. The molecule has 5 heteroatoms. The van der Waals surface area contributed by atoms with Crippen LogP contribution in [0, 0.1) is 11.3 Å². The smallest absolute Gasteiger partial charge is 0.138 e. The molecule has 1 unspecified atom stereocenters. The standard InChI is InChI=1S/C23H33ClN2O2/c1-2-22(25)23(18-6-11-27-12-7-18)8-3-19(4-9-23)28-21-14-16-5-10-26-15-17(16)13-20(21)24/h5,10,13-14,18-19,22,26H,2-4,6-9,11-12,15,25H2,1H3. The average molecular weight is 405 g/mol. The van der Waals surface area contributed by atoms with Gasteiger partial charge in [0, 0.05) is 25.8 Å². The van der Waals surface area contributed by atoms with Gasteiger partial charge in [-0.1, -0.05) is 18.5 Å². The van der Waals surface area contributed by atoms with E-state index in [0.29, 0.717) is 10.9 Å². The lowest BCUT2D eigenvalue weighted by atomic mass is 9.59. The van der Waals surface area contributed by atoms with Gasteiger partial charge in [0.15, 0.2) is 0 Å². The maximum absolute atomic E-state index is 6.70. The Morgan fingerprint density at radius 2 is 2.00 bits per heavy atom. The zero-order chi connectivity index (χ0) is 19.6. The fourth-order valence-corrected chi connectivity index (χ4v) is 5.74. The van der Waals surface area contributed by atoms with Crippen LogP contribution in [-0.2, 0) is 11.3 Å². The molecule has 1 saturated carbocycles. The summed E-state index contributed by atoms with van der Waals surface area (Å²) in [5.74, 6) is 1.50. The summed E-state index contributed by atoms with van der Waals surface area (Å²) < 4.78 is 12.0. The van der Waals surface area contributed by atoms with Gasteiger partial charge in [0.05, 0.1) is 11.1 Å². The molecule has 0 amide bonds. The lowest BCUT2D eigenvalue weighted by Gasteiger charge is -2.50. The van der Waals surface area contributed by atoms with Crippen molar-refractivity contribution < 1.29 is 9.47 Å². The van der Waals surface area contributed by atoms with Gasteiger partial charge < -0.3 is 20.5 Å². The third-order valence-electron chi connectivity index (χ3n) is 7.24. The van der Waals surface area contributed by atoms with Crippen molar-refractivity contribution in [2.45, 2.75) is 70.6 Å². The van der Waals surface area contributed by atoms with Crippen molar-refractivity contribution in [3.05, 3.63) is 34.5 Å². The van der Waals surface area contributed by atoms with Crippen LogP contribution in [0.3, 0.4) is 0 Å². The number of halogens is 1. The van der Waals surface area contributed by atoms with Gasteiger partial charge in [-0.3, -0.25) is 0 Å². The molecule has 1 aliphatic carbocycles. The largest absolute Gasteiger partial charge is 0.489 e. The number of nitrogens with two attached hydrogens (primary N) is 1. The van der Waals surface area contributed by atoms with Crippen LogP contribution in [0.4, 0.5) is 0 Å². The molecule has 0 radical (unpaired) electrons. The van der Waals surface area contributed by atoms with Crippen molar-refractivity contribution >= 4 is 17.7 Å². The zero-order valence-electron chi connectivity index (χ0n) is 16.9. The van der Waals surface area contributed by atoms with Crippen LogP contribution in [0.25, 0.3) is 6.08 Å². The highest BCUT2D eigenvalue weighted by Gasteiger charge is 2.46. The van der Waals surface area contributed by atoms with Crippen molar-refractivity contribution in [1.29, 1.82) is 0 Å². The van der Waals surface area contributed by atoms with Crippen LogP contribution in [0.2, 0.25) is 5.02 Å². The second-order valence-corrected chi connectivity index (χ2v) is 9.05. The molecular formula is C23H33ClN2O2. The summed E-state index contributed by atoms with van der Waals surface area (Å²) >= 11 is 6.52.